The van der Waals surface area contributed by atoms with Gasteiger partial charge in [0.05, 0.1) is 0 Å². The molecule has 5 heteroatoms. The summed E-state index contributed by atoms with van der Waals surface area (Å²) in [6, 6.07) is 10.4. The molecule has 19 heavy (non-hydrogen) atoms. The van der Waals surface area contributed by atoms with Crippen molar-refractivity contribution < 1.29 is 9.18 Å². The molecule has 4 nitrogen and oxygen atoms in total. The van der Waals surface area contributed by atoms with Gasteiger partial charge in [-0.05, 0) is 48.9 Å². The van der Waals surface area contributed by atoms with Crippen LogP contribution in [0.4, 0.5) is 26.2 Å². The van der Waals surface area contributed by atoms with Crippen LogP contribution < -0.4 is 16.4 Å². The number of nitrogens with one attached hydrogen (secondary N) is 2. The molecule has 0 heterocycles. The van der Waals surface area contributed by atoms with Gasteiger partial charge >= 0.3 is 6.03 Å². The summed E-state index contributed by atoms with van der Waals surface area (Å²) in [5.74, 6) is -0.402. The van der Waals surface area contributed by atoms with E-state index >= 15 is 0 Å². The Morgan fingerprint density at radius 1 is 1.11 bits per heavy atom. The summed E-state index contributed by atoms with van der Waals surface area (Å²) in [6.45, 7) is 1.85. The fraction of sp³-hybridized carbons (Fsp3) is 0.0714. The summed E-state index contributed by atoms with van der Waals surface area (Å²) in [6.07, 6.45) is 0. The molecular formula is C14H14FN3O. The maximum Gasteiger partial charge on any atom is 0.323 e. The highest BCUT2D eigenvalue weighted by molar-refractivity contribution is 5.99. The molecular weight excluding hydrogens is 245 g/mol. The third kappa shape index (κ3) is 3.45. The molecule has 0 radical (unpaired) electrons. The third-order valence-corrected chi connectivity index (χ3v) is 2.61. The minimum Gasteiger partial charge on any atom is -0.399 e. The van der Waals surface area contributed by atoms with E-state index < -0.39 is 11.8 Å². The first-order valence-corrected chi connectivity index (χ1v) is 5.74. The average Bonchev–Trinajstić information content (AvgIpc) is 2.34. The van der Waals surface area contributed by atoms with Gasteiger partial charge in [-0.15, -0.1) is 0 Å². The highest BCUT2D eigenvalue weighted by Crippen LogP contribution is 2.17. The third-order valence-electron chi connectivity index (χ3n) is 2.61. The van der Waals surface area contributed by atoms with Crippen molar-refractivity contribution in [3.05, 3.63) is 53.8 Å². The van der Waals surface area contributed by atoms with Crippen LogP contribution in [0.1, 0.15) is 5.56 Å². The number of hydrogen-bond donors (Lipinski definition) is 3. The van der Waals surface area contributed by atoms with Crippen LogP contribution in [0.3, 0.4) is 0 Å². The molecule has 2 aromatic carbocycles. The number of nitrogen functional groups attached to an aromatic ring is 1. The Morgan fingerprint density at radius 2 is 1.79 bits per heavy atom. The highest BCUT2D eigenvalue weighted by atomic mass is 19.1. The molecule has 0 atom stereocenters. The van der Waals surface area contributed by atoms with Crippen LogP contribution >= 0.6 is 0 Å². The lowest BCUT2D eigenvalue weighted by Crippen LogP contribution is -2.19. The van der Waals surface area contributed by atoms with Crippen LogP contribution in [-0.2, 0) is 0 Å². The number of carbonyl (C=O) groups excluding carboxylic acids is 1. The standard InChI is InChI=1S/C14H14FN3O/c1-9-7-12(5-6-13(9)16)18-14(19)17-11-4-2-3-10(15)8-11/h2-8H,16H2,1H3,(H2,17,18,19). The lowest BCUT2D eigenvalue weighted by molar-refractivity contribution is 0.262. The molecule has 2 aromatic rings. The predicted octanol–water partition coefficient (Wildman–Crippen LogP) is 3.36. The Kier molecular flexibility index (Phi) is 3.66. The van der Waals surface area contributed by atoms with E-state index in [0.29, 0.717) is 17.1 Å². The number of anilines is 3. The first kappa shape index (κ1) is 12.9. The quantitative estimate of drug-likeness (QED) is 0.724. The van der Waals surface area contributed by atoms with Crippen molar-refractivity contribution >= 4 is 23.1 Å². The van der Waals surface area contributed by atoms with Gasteiger partial charge in [0.1, 0.15) is 5.82 Å². The van der Waals surface area contributed by atoms with Crippen LogP contribution in [0, 0.1) is 12.7 Å². The minimum absolute atomic E-state index is 0.393. The van der Waals surface area contributed by atoms with Gasteiger partial charge < -0.3 is 16.4 Å². The van der Waals surface area contributed by atoms with Gasteiger partial charge in [-0.2, -0.15) is 0 Å². The summed E-state index contributed by atoms with van der Waals surface area (Å²) >= 11 is 0. The second-order valence-electron chi connectivity index (χ2n) is 4.16. The van der Waals surface area contributed by atoms with E-state index in [-0.39, 0.29) is 0 Å². The first-order chi connectivity index (χ1) is 9.04. The molecule has 2 amide bonds. The van der Waals surface area contributed by atoms with Crippen molar-refractivity contribution in [2.45, 2.75) is 6.92 Å². The van der Waals surface area contributed by atoms with Gasteiger partial charge in [0.25, 0.3) is 0 Å². The highest BCUT2D eigenvalue weighted by Gasteiger charge is 2.04. The molecule has 0 fully saturated rings. The summed E-state index contributed by atoms with van der Waals surface area (Å²) in [4.78, 5) is 11.7. The number of urea groups is 1. The maximum absolute atomic E-state index is 13.0. The molecule has 0 spiro atoms. The van der Waals surface area contributed by atoms with Gasteiger partial charge in [0.2, 0.25) is 0 Å². The Labute approximate surface area is 110 Å². The van der Waals surface area contributed by atoms with Gasteiger partial charge in [-0.1, -0.05) is 6.07 Å². The zero-order valence-electron chi connectivity index (χ0n) is 10.4. The molecule has 0 unspecified atom stereocenters. The van der Waals surface area contributed by atoms with E-state index in [1.165, 1.54) is 18.2 Å². The Hall–Kier alpha value is -2.56. The molecule has 0 bridgehead atoms. The number of rotatable bonds is 2. The summed E-state index contributed by atoms with van der Waals surface area (Å²) in [5, 5.41) is 5.19. The van der Waals surface area contributed by atoms with Crippen molar-refractivity contribution in [2.75, 3.05) is 16.4 Å². The molecule has 0 aliphatic heterocycles. The van der Waals surface area contributed by atoms with Crippen molar-refractivity contribution in [3.63, 3.8) is 0 Å². The minimum atomic E-state index is -0.435. The fourth-order valence-corrected chi connectivity index (χ4v) is 1.61. The van der Waals surface area contributed by atoms with Crippen LogP contribution in [0.5, 0.6) is 0 Å². The first-order valence-electron chi connectivity index (χ1n) is 5.74. The molecule has 0 aliphatic carbocycles. The van der Waals surface area contributed by atoms with Crippen molar-refractivity contribution in [1.82, 2.24) is 0 Å². The van der Waals surface area contributed by atoms with E-state index in [4.69, 9.17) is 5.73 Å². The SMILES string of the molecule is Cc1cc(NC(=O)Nc2cccc(F)c2)ccc1N. The molecule has 0 aliphatic rings. The Morgan fingerprint density at radius 3 is 2.42 bits per heavy atom. The monoisotopic (exact) mass is 259 g/mol. The number of benzene rings is 2. The maximum atomic E-state index is 13.0. The van der Waals surface area contributed by atoms with Crippen LogP contribution in [0.2, 0.25) is 0 Å². The fourth-order valence-electron chi connectivity index (χ4n) is 1.61. The molecule has 98 valence electrons. The largest absolute Gasteiger partial charge is 0.399 e. The van der Waals surface area contributed by atoms with E-state index in [2.05, 4.69) is 10.6 Å². The normalized spacial score (nSPS) is 10.0. The van der Waals surface area contributed by atoms with E-state index in [1.54, 1.807) is 24.3 Å². The van der Waals surface area contributed by atoms with E-state index in [1.807, 2.05) is 6.92 Å². The summed E-state index contributed by atoms with van der Waals surface area (Å²) in [7, 11) is 0. The molecule has 0 saturated heterocycles. The predicted molar refractivity (Wildman–Crippen MR) is 74.6 cm³/mol. The molecule has 2 rings (SSSR count). The second-order valence-corrected chi connectivity index (χ2v) is 4.16. The second kappa shape index (κ2) is 5.39. The smallest absolute Gasteiger partial charge is 0.323 e. The Balaban J connectivity index is 2.03. The number of halogens is 1. The number of carbonyl (C=O) groups is 1. The lowest BCUT2D eigenvalue weighted by Gasteiger charge is -2.09. The van der Waals surface area contributed by atoms with Crippen LogP contribution in [-0.4, -0.2) is 6.03 Å². The Bertz CT molecular complexity index is 613. The zero-order chi connectivity index (χ0) is 13.8. The van der Waals surface area contributed by atoms with Gasteiger partial charge in [-0.3, -0.25) is 0 Å². The number of hydrogen-bond acceptors (Lipinski definition) is 2. The van der Waals surface area contributed by atoms with Crippen molar-refractivity contribution in [2.24, 2.45) is 0 Å². The number of nitrogens with two attached hydrogens (primary N) is 1. The number of amides is 2. The van der Waals surface area contributed by atoms with Crippen molar-refractivity contribution in [3.8, 4) is 0 Å². The topological polar surface area (TPSA) is 67.2 Å². The summed E-state index contributed by atoms with van der Waals surface area (Å²) < 4.78 is 13.0. The van der Waals surface area contributed by atoms with Crippen molar-refractivity contribution in [1.29, 1.82) is 0 Å². The molecule has 4 N–H and O–H groups in total. The average molecular weight is 259 g/mol. The van der Waals surface area contributed by atoms with Gasteiger partial charge in [-0.25, -0.2) is 9.18 Å². The van der Waals surface area contributed by atoms with E-state index in [0.717, 1.165) is 5.56 Å². The van der Waals surface area contributed by atoms with Gasteiger partial charge in [0, 0.05) is 17.1 Å². The van der Waals surface area contributed by atoms with Crippen LogP contribution in [0.15, 0.2) is 42.5 Å². The van der Waals surface area contributed by atoms with Crippen LogP contribution in [0.25, 0.3) is 0 Å². The van der Waals surface area contributed by atoms with Gasteiger partial charge in [0.15, 0.2) is 0 Å². The zero-order valence-corrected chi connectivity index (χ0v) is 10.4. The number of aryl methyl sites for hydroxylation is 1. The lowest BCUT2D eigenvalue weighted by atomic mass is 10.2. The molecule has 0 saturated carbocycles. The summed E-state index contributed by atoms with van der Waals surface area (Å²) in [5.41, 5.74) is 8.25. The molecule has 0 aromatic heterocycles. The van der Waals surface area contributed by atoms with E-state index in [9.17, 15) is 9.18 Å².